The van der Waals surface area contributed by atoms with Crippen molar-refractivity contribution >= 4 is 5.69 Å². The molecule has 0 aromatic heterocycles. The van der Waals surface area contributed by atoms with Crippen LogP contribution in [0.3, 0.4) is 0 Å². The van der Waals surface area contributed by atoms with Gasteiger partial charge in [-0.3, -0.25) is 0 Å². The lowest BCUT2D eigenvalue weighted by molar-refractivity contribution is 0.0736. The summed E-state index contributed by atoms with van der Waals surface area (Å²) in [4.78, 5) is 2.15. The molecule has 0 heterocycles. The molecule has 0 spiro atoms. The highest BCUT2D eigenvalue weighted by molar-refractivity contribution is 5.48. The van der Waals surface area contributed by atoms with Crippen LogP contribution >= 0.6 is 0 Å². The van der Waals surface area contributed by atoms with E-state index in [2.05, 4.69) is 4.90 Å². The molecule has 94 valence electrons. The van der Waals surface area contributed by atoms with Crippen LogP contribution in [0.4, 0.5) is 5.69 Å². The molecule has 0 saturated heterocycles. The van der Waals surface area contributed by atoms with Crippen molar-refractivity contribution in [1.82, 2.24) is 0 Å². The molecule has 3 nitrogen and oxygen atoms in total. The summed E-state index contributed by atoms with van der Waals surface area (Å²) in [6.45, 7) is 0.881. The summed E-state index contributed by atoms with van der Waals surface area (Å²) < 4.78 is 0. The molecule has 1 fully saturated rings. The molecular formula is C14H21NO2. The number of anilines is 1. The monoisotopic (exact) mass is 235 g/mol. The predicted octanol–water partition coefficient (Wildman–Crippen LogP) is 2.38. The Morgan fingerprint density at radius 1 is 1.18 bits per heavy atom. The molecule has 2 rings (SSSR count). The summed E-state index contributed by atoms with van der Waals surface area (Å²) in [7, 11) is 2.04. The van der Waals surface area contributed by atoms with Gasteiger partial charge >= 0.3 is 0 Å². The lowest BCUT2D eigenvalue weighted by atomic mass is 9.86. The van der Waals surface area contributed by atoms with Gasteiger partial charge in [0.2, 0.25) is 0 Å². The van der Waals surface area contributed by atoms with E-state index in [9.17, 15) is 10.2 Å². The minimum Gasteiger partial charge on any atom is -0.508 e. The van der Waals surface area contributed by atoms with Crippen molar-refractivity contribution in [3.05, 3.63) is 24.3 Å². The Bertz CT molecular complexity index is 350. The molecule has 1 aliphatic carbocycles. The second kappa shape index (κ2) is 5.41. The van der Waals surface area contributed by atoms with E-state index in [-0.39, 0.29) is 6.10 Å². The Morgan fingerprint density at radius 3 is 2.47 bits per heavy atom. The number of phenols is 1. The van der Waals surface area contributed by atoms with Crippen LogP contribution in [0.5, 0.6) is 5.75 Å². The fourth-order valence-corrected chi connectivity index (χ4v) is 2.57. The van der Waals surface area contributed by atoms with E-state index in [0.29, 0.717) is 11.7 Å². The van der Waals surface area contributed by atoms with Crippen molar-refractivity contribution in [2.45, 2.75) is 31.8 Å². The second-order valence-electron chi connectivity index (χ2n) is 5.01. The third kappa shape index (κ3) is 3.13. The van der Waals surface area contributed by atoms with E-state index in [1.807, 2.05) is 19.2 Å². The summed E-state index contributed by atoms with van der Waals surface area (Å²) in [6, 6.07) is 7.21. The maximum atomic E-state index is 9.94. The number of benzene rings is 1. The normalized spacial score (nSPS) is 24.6. The van der Waals surface area contributed by atoms with Gasteiger partial charge in [0.25, 0.3) is 0 Å². The Labute approximate surface area is 103 Å². The van der Waals surface area contributed by atoms with E-state index < -0.39 is 0 Å². The van der Waals surface area contributed by atoms with Crippen molar-refractivity contribution in [1.29, 1.82) is 0 Å². The Balaban J connectivity index is 1.95. The molecule has 1 aliphatic rings. The zero-order valence-corrected chi connectivity index (χ0v) is 10.3. The fourth-order valence-electron chi connectivity index (χ4n) is 2.57. The lowest BCUT2D eigenvalue weighted by Gasteiger charge is -2.32. The van der Waals surface area contributed by atoms with Crippen molar-refractivity contribution in [3.8, 4) is 5.75 Å². The Kier molecular flexibility index (Phi) is 3.89. The number of rotatable bonds is 3. The summed E-state index contributed by atoms with van der Waals surface area (Å²) in [5, 5.41) is 19.2. The lowest BCUT2D eigenvalue weighted by Crippen LogP contribution is -2.35. The molecule has 17 heavy (non-hydrogen) atoms. The Morgan fingerprint density at radius 2 is 1.82 bits per heavy atom. The van der Waals surface area contributed by atoms with Crippen LogP contribution in [0.1, 0.15) is 25.7 Å². The van der Waals surface area contributed by atoms with Crippen molar-refractivity contribution in [3.63, 3.8) is 0 Å². The van der Waals surface area contributed by atoms with Gasteiger partial charge in [0.15, 0.2) is 0 Å². The molecular weight excluding hydrogens is 214 g/mol. The average Bonchev–Trinajstić information content (AvgIpc) is 2.33. The van der Waals surface area contributed by atoms with Crippen LogP contribution in [0.15, 0.2) is 24.3 Å². The van der Waals surface area contributed by atoms with E-state index in [0.717, 1.165) is 31.5 Å². The summed E-state index contributed by atoms with van der Waals surface area (Å²) >= 11 is 0. The summed E-state index contributed by atoms with van der Waals surface area (Å²) in [6.07, 6.45) is 4.28. The van der Waals surface area contributed by atoms with Gasteiger partial charge in [-0.15, -0.1) is 0 Å². The number of hydrogen-bond donors (Lipinski definition) is 2. The van der Waals surface area contributed by atoms with E-state index in [4.69, 9.17) is 0 Å². The van der Waals surface area contributed by atoms with E-state index >= 15 is 0 Å². The van der Waals surface area contributed by atoms with Crippen molar-refractivity contribution in [2.24, 2.45) is 5.92 Å². The van der Waals surface area contributed by atoms with Crippen LogP contribution in [0.2, 0.25) is 0 Å². The molecule has 3 heteroatoms. The molecule has 1 aromatic rings. The molecule has 0 radical (unpaired) electrons. The molecule has 0 aliphatic heterocycles. The van der Waals surface area contributed by atoms with Crippen molar-refractivity contribution in [2.75, 3.05) is 18.5 Å². The minimum atomic E-state index is -0.150. The standard InChI is InChI=1S/C14H21NO2/c1-15(12-6-8-13(16)9-7-12)10-11-4-2-3-5-14(11)17/h6-9,11,14,16-17H,2-5,10H2,1H3. The molecule has 2 atom stereocenters. The number of aliphatic hydroxyl groups excluding tert-OH is 1. The van der Waals surface area contributed by atoms with Crippen LogP contribution in [-0.4, -0.2) is 29.9 Å². The fraction of sp³-hybridized carbons (Fsp3) is 0.571. The summed E-state index contributed by atoms with van der Waals surface area (Å²) in [5.74, 6) is 0.669. The third-order valence-electron chi connectivity index (χ3n) is 3.67. The molecule has 2 unspecified atom stereocenters. The van der Waals surface area contributed by atoms with Gasteiger partial charge in [-0.1, -0.05) is 12.8 Å². The molecule has 1 aromatic carbocycles. The largest absolute Gasteiger partial charge is 0.508 e. The summed E-state index contributed by atoms with van der Waals surface area (Å²) in [5.41, 5.74) is 1.08. The van der Waals surface area contributed by atoms with Gasteiger partial charge in [0, 0.05) is 25.2 Å². The SMILES string of the molecule is CN(CC1CCCCC1O)c1ccc(O)cc1. The van der Waals surface area contributed by atoms with Gasteiger partial charge in [0.1, 0.15) is 5.75 Å². The minimum absolute atomic E-state index is 0.150. The quantitative estimate of drug-likeness (QED) is 0.845. The van der Waals surface area contributed by atoms with Crippen LogP contribution in [0.25, 0.3) is 0 Å². The average molecular weight is 235 g/mol. The van der Waals surface area contributed by atoms with E-state index in [1.165, 1.54) is 6.42 Å². The molecule has 2 N–H and O–H groups in total. The zero-order valence-electron chi connectivity index (χ0n) is 10.3. The van der Waals surface area contributed by atoms with Crippen LogP contribution in [-0.2, 0) is 0 Å². The first-order chi connectivity index (χ1) is 8.16. The third-order valence-corrected chi connectivity index (χ3v) is 3.67. The topological polar surface area (TPSA) is 43.7 Å². The molecule has 0 amide bonds. The first kappa shape index (κ1) is 12.2. The highest BCUT2D eigenvalue weighted by Gasteiger charge is 2.24. The van der Waals surface area contributed by atoms with Gasteiger partial charge in [0.05, 0.1) is 6.10 Å². The van der Waals surface area contributed by atoms with Gasteiger partial charge in [-0.2, -0.15) is 0 Å². The maximum absolute atomic E-state index is 9.94. The van der Waals surface area contributed by atoms with Gasteiger partial charge in [-0.05, 0) is 37.1 Å². The van der Waals surface area contributed by atoms with Gasteiger partial charge < -0.3 is 15.1 Å². The van der Waals surface area contributed by atoms with E-state index in [1.54, 1.807) is 12.1 Å². The number of aliphatic hydroxyl groups is 1. The first-order valence-corrected chi connectivity index (χ1v) is 6.35. The number of hydrogen-bond acceptors (Lipinski definition) is 3. The predicted molar refractivity (Wildman–Crippen MR) is 69.3 cm³/mol. The zero-order chi connectivity index (χ0) is 12.3. The Hall–Kier alpha value is -1.22. The number of aromatic hydroxyl groups is 1. The highest BCUT2D eigenvalue weighted by Crippen LogP contribution is 2.26. The highest BCUT2D eigenvalue weighted by atomic mass is 16.3. The maximum Gasteiger partial charge on any atom is 0.115 e. The molecule has 1 saturated carbocycles. The number of nitrogens with zero attached hydrogens (tertiary/aromatic N) is 1. The van der Waals surface area contributed by atoms with Crippen LogP contribution in [0, 0.1) is 5.92 Å². The first-order valence-electron chi connectivity index (χ1n) is 6.35. The molecule has 0 bridgehead atoms. The van der Waals surface area contributed by atoms with Crippen molar-refractivity contribution < 1.29 is 10.2 Å². The number of phenolic OH excluding ortho intramolecular Hbond substituents is 1. The van der Waals surface area contributed by atoms with Gasteiger partial charge in [-0.25, -0.2) is 0 Å². The van der Waals surface area contributed by atoms with Crippen LogP contribution < -0.4 is 4.90 Å². The smallest absolute Gasteiger partial charge is 0.115 e. The second-order valence-corrected chi connectivity index (χ2v) is 5.01.